The van der Waals surface area contributed by atoms with Crippen molar-refractivity contribution in [3.8, 4) is 5.69 Å². The molecule has 0 radical (unpaired) electrons. The molecular weight excluding hydrogens is 272 g/mol. The van der Waals surface area contributed by atoms with Crippen LogP contribution in [0.4, 0.5) is 0 Å². The molecule has 3 heteroatoms. The number of para-hydroxylation sites is 1. The van der Waals surface area contributed by atoms with E-state index in [0.717, 1.165) is 6.54 Å². The Kier molecular flexibility index (Phi) is 3.55. The Balaban J connectivity index is 1.70. The highest BCUT2D eigenvalue weighted by molar-refractivity contribution is 5.45. The van der Waals surface area contributed by atoms with Gasteiger partial charge in [-0.05, 0) is 51.1 Å². The molecule has 4 rings (SSSR count). The summed E-state index contributed by atoms with van der Waals surface area (Å²) in [5.74, 6) is 0. The summed E-state index contributed by atoms with van der Waals surface area (Å²) in [6, 6.07) is 12.9. The summed E-state index contributed by atoms with van der Waals surface area (Å²) in [6.45, 7) is 6.31. The summed E-state index contributed by atoms with van der Waals surface area (Å²) in [5.41, 5.74) is 3.54. The van der Waals surface area contributed by atoms with Crippen LogP contribution in [-0.4, -0.2) is 29.1 Å². The molecule has 0 unspecified atom stereocenters. The van der Waals surface area contributed by atoms with Crippen LogP contribution in [0, 0.1) is 0 Å². The maximum atomic E-state index is 6.44. The minimum absolute atomic E-state index is 0.250. The van der Waals surface area contributed by atoms with Gasteiger partial charge in [0.25, 0.3) is 0 Å². The van der Waals surface area contributed by atoms with E-state index >= 15 is 0 Å². The minimum Gasteiger partial charge on any atom is -0.363 e. The lowest BCUT2D eigenvalue weighted by Gasteiger charge is -2.36. The van der Waals surface area contributed by atoms with Gasteiger partial charge in [-0.1, -0.05) is 24.6 Å². The third-order valence-corrected chi connectivity index (χ3v) is 5.06. The van der Waals surface area contributed by atoms with Gasteiger partial charge in [0, 0.05) is 18.3 Å². The lowest BCUT2D eigenvalue weighted by Crippen LogP contribution is -2.43. The normalized spacial score (nSPS) is 25.3. The number of nitrogens with zero attached hydrogens (tertiary/aromatic N) is 2. The van der Waals surface area contributed by atoms with E-state index in [9.17, 15) is 0 Å². The summed E-state index contributed by atoms with van der Waals surface area (Å²) in [5, 5.41) is 0. The van der Waals surface area contributed by atoms with Crippen molar-refractivity contribution in [1.29, 1.82) is 0 Å². The van der Waals surface area contributed by atoms with Gasteiger partial charge in [-0.15, -0.1) is 0 Å². The monoisotopic (exact) mass is 296 g/mol. The van der Waals surface area contributed by atoms with Crippen molar-refractivity contribution in [2.45, 2.75) is 38.4 Å². The van der Waals surface area contributed by atoms with E-state index in [-0.39, 0.29) is 5.60 Å². The molecule has 1 atom stereocenters. The van der Waals surface area contributed by atoms with Gasteiger partial charge in [0.2, 0.25) is 0 Å². The number of fused-ring (bicyclic) bond motifs is 3. The smallest absolute Gasteiger partial charge is 0.119 e. The largest absolute Gasteiger partial charge is 0.363 e. The second-order valence-corrected chi connectivity index (χ2v) is 6.75. The van der Waals surface area contributed by atoms with Crippen molar-refractivity contribution in [3.63, 3.8) is 0 Å². The summed E-state index contributed by atoms with van der Waals surface area (Å²) in [6.07, 6.45) is 6.17. The molecule has 2 aliphatic heterocycles. The Morgan fingerprint density at radius 1 is 1.05 bits per heavy atom. The minimum atomic E-state index is -0.250. The van der Waals surface area contributed by atoms with Gasteiger partial charge in [-0.3, -0.25) is 0 Å². The van der Waals surface area contributed by atoms with E-state index in [1.165, 1.54) is 49.3 Å². The van der Waals surface area contributed by atoms with Gasteiger partial charge < -0.3 is 14.2 Å². The maximum absolute atomic E-state index is 6.44. The SMILES string of the molecule is C[C@@]1(CN2CCCCC2)OCc2ccccc2-n2cccc21. The number of likely N-dealkylation sites (tertiary alicyclic amines) is 1. The second kappa shape index (κ2) is 5.56. The fraction of sp³-hybridized carbons (Fsp3) is 0.474. The van der Waals surface area contributed by atoms with Gasteiger partial charge in [0.15, 0.2) is 0 Å². The van der Waals surface area contributed by atoms with E-state index in [1.54, 1.807) is 0 Å². The Bertz CT molecular complexity index is 657. The zero-order valence-electron chi connectivity index (χ0n) is 13.3. The van der Waals surface area contributed by atoms with Crippen LogP contribution in [0.3, 0.4) is 0 Å². The molecule has 2 aromatic rings. The molecule has 0 spiro atoms. The average molecular weight is 296 g/mol. The number of hydrogen-bond acceptors (Lipinski definition) is 2. The Labute approximate surface area is 132 Å². The van der Waals surface area contributed by atoms with E-state index in [1.807, 2.05) is 0 Å². The number of benzene rings is 1. The molecule has 0 aliphatic carbocycles. The molecule has 3 heterocycles. The Morgan fingerprint density at radius 3 is 2.73 bits per heavy atom. The summed E-state index contributed by atoms with van der Waals surface area (Å²) >= 11 is 0. The molecule has 3 nitrogen and oxygen atoms in total. The highest BCUT2D eigenvalue weighted by Gasteiger charge is 2.35. The molecule has 1 saturated heterocycles. The van der Waals surface area contributed by atoms with Gasteiger partial charge >= 0.3 is 0 Å². The topological polar surface area (TPSA) is 17.4 Å². The van der Waals surface area contributed by atoms with Crippen LogP contribution in [0.2, 0.25) is 0 Å². The van der Waals surface area contributed by atoms with Gasteiger partial charge in [-0.25, -0.2) is 0 Å². The first-order valence-corrected chi connectivity index (χ1v) is 8.39. The van der Waals surface area contributed by atoms with E-state index in [2.05, 4.69) is 59.0 Å². The van der Waals surface area contributed by atoms with Gasteiger partial charge in [-0.2, -0.15) is 0 Å². The Morgan fingerprint density at radius 2 is 1.86 bits per heavy atom. The molecule has 22 heavy (non-hydrogen) atoms. The van der Waals surface area contributed by atoms with Gasteiger partial charge in [0.1, 0.15) is 5.60 Å². The molecule has 1 aromatic carbocycles. The number of ether oxygens (including phenoxy) is 1. The lowest BCUT2D eigenvalue weighted by atomic mass is 9.99. The van der Waals surface area contributed by atoms with Crippen LogP contribution < -0.4 is 0 Å². The van der Waals surface area contributed by atoms with E-state index in [0.29, 0.717) is 6.61 Å². The predicted octanol–water partition coefficient (Wildman–Crippen LogP) is 3.71. The summed E-state index contributed by atoms with van der Waals surface area (Å²) < 4.78 is 8.75. The first kappa shape index (κ1) is 14.0. The molecule has 1 aromatic heterocycles. The zero-order chi connectivity index (χ0) is 15.0. The van der Waals surface area contributed by atoms with Crippen molar-refractivity contribution >= 4 is 0 Å². The lowest BCUT2D eigenvalue weighted by molar-refractivity contribution is -0.0720. The molecule has 0 N–H and O–H groups in total. The summed E-state index contributed by atoms with van der Waals surface area (Å²) in [4.78, 5) is 2.57. The van der Waals surface area contributed by atoms with Crippen LogP contribution in [-0.2, 0) is 16.9 Å². The first-order chi connectivity index (χ1) is 10.8. The maximum Gasteiger partial charge on any atom is 0.119 e. The van der Waals surface area contributed by atoms with E-state index in [4.69, 9.17) is 4.74 Å². The highest BCUT2D eigenvalue weighted by atomic mass is 16.5. The van der Waals surface area contributed by atoms with Crippen molar-refractivity contribution in [3.05, 3.63) is 53.9 Å². The number of rotatable bonds is 2. The number of hydrogen-bond donors (Lipinski definition) is 0. The third-order valence-electron chi connectivity index (χ3n) is 5.06. The first-order valence-electron chi connectivity index (χ1n) is 8.39. The van der Waals surface area contributed by atoms with Crippen LogP contribution in [0.15, 0.2) is 42.6 Å². The quantitative estimate of drug-likeness (QED) is 0.840. The second-order valence-electron chi connectivity index (χ2n) is 6.75. The van der Waals surface area contributed by atoms with Crippen molar-refractivity contribution in [2.75, 3.05) is 19.6 Å². The molecule has 0 saturated carbocycles. The van der Waals surface area contributed by atoms with Crippen molar-refractivity contribution in [1.82, 2.24) is 9.47 Å². The van der Waals surface area contributed by atoms with Crippen molar-refractivity contribution in [2.24, 2.45) is 0 Å². The fourth-order valence-corrected chi connectivity index (χ4v) is 3.87. The molecule has 1 fully saturated rings. The average Bonchev–Trinajstić information content (AvgIpc) is 3.01. The number of piperidine rings is 1. The van der Waals surface area contributed by atoms with Crippen LogP contribution in [0.1, 0.15) is 37.4 Å². The van der Waals surface area contributed by atoms with Crippen LogP contribution in [0.5, 0.6) is 0 Å². The molecule has 2 aliphatic rings. The summed E-state index contributed by atoms with van der Waals surface area (Å²) in [7, 11) is 0. The Hall–Kier alpha value is -1.58. The van der Waals surface area contributed by atoms with E-state index < -0.39 is 0 Å². The number of aromatic nitrogens is 1. The molecule has 116 valence electrons. The predicted molar refractivity (Wildman–Crippen MR) is 88.2 cm³/mol. The molecule has 0 amide bonds. The molecule has 0 bridgehead atoms. The standard InChI is InChI=1S/C19H24N2O/c1-19(15-20-11-5-2-6-12-20)18-10-7-13-21(18)17-9-4-3-8-16(17)14-22-19/h3-4,7-10,13H,2,5-6,11-12,14-15H2,1H3/t19-/m0/s1. The fourth-order valence-electron chi connectivity index (χ4n) is 3.87. The van der Waals surface area contributed by atoms with Crippen LogP contribution >= 0.6 is 0 Å². The van der Waals surface area contributed by atoms with Crippen LogP contribution in [0.25, 0.3) is 5.69 Å². The zero-order valence-corrected chi connectivity index (χ0v) is 13.3. The van der Waals surface area contributed by atoms with Crippen molar-refractivity contribution < 1.29 is 4.74 Å². The van der Waals surface area contributed by atoms with Gasteiger partial charge in [0.05, 0.1) is 18.0 Å². The third kappa shape index (κ3) is 2.38. The molecular formula is C19H24N2O. The highest BCUT2D eigenvalue weighted by Crippen LogP contribution is 2.35.